The molecule has 1 heterocycles. The molecular formula is C11H16N2O3. The number of nitrogens with one attached hydrogen (secondary N) is 1. The van der Waals surface area contributed by atoms with Crippen LogP contribution in [0.5, 0.6) is 0 Å². The minimum absolute atomic E-state index is 0.0263. The van der Waals surface area contributed by atoms with Crippen molar-refractivity contribution in [2.45, 2.75) is 19.9 Å². The molecule has 0 aliphatic carbocycles. The van der Waals surface area contributed by atoms with Crippen molar-refractivity contribution in [2.24, 2.45) is 5.92 Å². The van der Waals surface area contributed by atoms with Crippen LogP contribution in [0.1, 0.15) is 24.3 Å². The van der Waals surface area contributed by atoms with E-state index in [1.54, 1.807) is 12.1 Å². The van der Waals surface area contributed by atoms with E-state index in [4.69, 9.17) is 10.2 Å². The van der Waals surface area contributed by atoms with Crippen molar-refractivity contribution in [1.29, 1.82) is 0 Å². The highest BCUT2D eigenvalue weighted by Crippen LogP contribution is 2.16. The summed E-state index contributed by atoms with van der Waals surface area (Å²) in [6, 6.07) is 3.12. The molecule has 0 spiro atoms. The Morgan fingerprint density at radius 3 is 2.75 bits per heavy atom. The van der Waals surface area contributed by atoms with E-state index in [0.29, 0.717) is 5.69 Å². The fourth-order valence-electron chi connectivity index (χ4n) is 1.32. The Morgan fingerprint density at radius 2 is 2.25 bits per heavy atom. The molecular weight excluding hydrogens is 208 g/mol. The Balaban J connectivity index is 2.91. The maximum absolute atomic E-state index is 10.9. The maximum Gasteiger partial charge on any atom is 0.356 e. The molecule has 0 fully saturated rings. The van der Waals surface area contributed by atoms with Gasteiger partial charge in [0.05, 0.1) is 18.3 Å². The molecule has 0 amide bonds. The van der Waals surface area contributed by atoms with Gasteiger partial charge in [-0.2, -0.15) is 0 Å². The van der Waals surface area contributed by atoms with Crippen LogP contribution in [0.4, 0.5) is 5.69 Å². The Labute approximate surface area is 94.1 Å². The number of anilines is 1. The molecule has 0 bridgehead atoms. The fraction of sp³-hybridized carbons (Fsp3) is 0.455. The molecule has 3 N–H and O–H groups in total. The van der Waals surface area contributed by atoms with E-state index in [1.165, 1.54) is 6.20 Å². The van der Waals surface area contributed by atoms with Crippen molar-refractivity contribution in [1.82, 2.24) is 4.98 Å². The summed E-state index contributed by atoms with van der Waals surface area (Å²) in [7, 11) is 0. The predicted octanol–water partition coefficient (Wildman–Crippen LogP) is 1.21. The van der Waals surface area contributed by atoms with Crippen molar-refractivity contribution in [2.75, 3.05) is 11.9 Å². The van der Waals surface area contributed by atoms with Crippen LogP contribution in [-0.2, 0) is 0 Å². The third kappa shape index (κ3) is 2.93. The van der Waals surface area contributed by atoms with Crippen LogP contribution in [0.2, 0.25) is 0 Å². The normalized spacial score (nSPS) is 12.5. The van der Waals surface area contributed by atoms with Gasteiger partial charge in [0.2, 0.25) is 0 Å². The molecule has 1 rings (SSSR count). The molecule has 0 saturated heterocycles. The average Bonchev–Trinajstić information content (AvgIpc) is 2.25. The van der Waals surface area contributed by atoms with E-state index < -0.39 is 5.97 Å². The summed E-state index contributed by atoms with van der Waals surface area (Å²) in [6.07, 6.45) is 1.43. The summed E-state index contributed by atoms with van der Waals surface area (Å²) in [6.45, 7) is 3.85. The number of carboxylic acid groups (broad SMARTS) is 1. The van der Waals surface area contributed by atoms with Gasteiger partial charge in [0.1, 0.15) is 0 Å². The lowest BCUT2D eigenvalue weighted by molar-refractivity contribution is 0.0691. The molecule has 0 aliphatic heterocycles. The van der Waals surface area contributed by atoms with Crippen LogP contribution in [0.25, 0.3) is 0 Å². The van der Waals surface area contributed by atoms with Gasteiger partial charge in [-0.15, -0.1) is 0 Å². The second kappa shape index (κ2) is 5.46. The summed E-state index contributed by atoms with van der Waals surface area (Å²) in [5.74, 6) is -0.879. The van der Waals surface area contributed by atoms with Crippen LogP contribution in [-0.4, -0.2) is 33.8 Å². The number of aliphatic hydroxyl groups excluding tert-OH is 1. The quantitative estimate of drug-likeness (QED) is 0.700. The molecule has 0 aliphatic rings. The first-order valence-corrected chi connectivity index (χ1v) is 5.12. The molecule has 16 heavy (non-hydrogen) atoms. The lowest BCUT2D eigenvalue weighted by atomic mass is 10.0. The monoisotopic (exact) mass is 224 g/mol. The first-order chi connectivity index (χ1) is 7.56. The smallest absolute Gasteiger partial charge is 0.356 e. The van der Waals surface area contributed by atoms with Gasteiger partial charge >= 0.3 is 5.97 Å². The van der Waals surface area contributed by atoms with Crippen molar-refractivity contribution < 1.29 is 15.0 Å². The Kier molecular flexibility index (Phi) is 4.25. The highest BCUT2D eigenvalue weighted by molar-refractivity contribution is 5.91. The third-order valence-corrected chi connectivity index (χ3v) is 2.35. The number of rotatable bonds is 5. The number of hydrogen-bond acceptors (Lipinski definition) is 4. The van der Waals surface area contributed by atoms with Gasteiger partial charge in [0.15, 0.2) is 5.69 Å². The van der Waals surface area contributed by atoms with Gasteiger partial charge in [0, 0.05) is 6.20 Å². The summed E-state index contributed by atoms with van der Waals surface area (Å²) in [4.78, 5) is 14.7. The third-order valence-electron chi connectivity index (χ3n) is 2.35. The van der Waals surface area contributed by atoms with Crippen molar-refractivity contribution >= 4 is 11.7 Å². The fourth-order valence-corrected chi connectivity index (χ4v) is 1.32. The minimum atomic E-state index is -1.08. The maximum atomic E-state index is 10.9. The van der Waals surface area contributed by atoms with E-state index in [2.05, 4.69) is 10.3 Å². The Hall–Kier alpha value is -1.62. The van der Waals surface area contributed by atoms with Gasteiger partial charge in [-0.05, 0) is 18.1 Å². The van der Waals surface area contributed by atoms with Crippen LogP contribution < -0.4 is 5.32 Å². The van der Waals surface area contributed by atoms with Crippen molar-refractivity contribution in [3.8, 4) is 0 Å². The van der Waals surface area contributed by atoms with Crippen molar-refractivity contribution in [3.63, 3.8) is 0 Å². The van der Waals surface area contributed by atoms with Crippen LogP contribution in [0.3, 0.4) is 0 Å². The molecule has 1 atom stereocenters. The molecule has 0 radical (unpaired) electrons. The van der Waals surface area contributed by atoms with E-state index in [-0.39, 0.29) is 24.3 Å². The predicted molar refractivity (Wildman–Crippen MR) is 60.5 cm³/mol. The highest BCUT2D eigenvalue weighted by Gasteiger charge is 2.16. The first-order valence-electron chi connectivity index (χ1n) is 5.12. The average molecular weight is 224 g/mol. The molecule has 88 valence electrons. The molecule has 5 heteroatoms. The molecule has 0 saturated carbocycles. The lowest BCUT2D eigenvalue weighted by Gasteiger charge is -2.21. The summed E-state index contributed by atoms with van der Waals surface area (Å²) < 4.78 is 0. The number of aromatic nitrogens is 1. The largest absolute Gasteiger partial charge is 0.476 e. The number of hydrogen-bond donors (Lipinski definition) is 3. The Morgan fingerprint density at radius 1 is 1.56 bits per heavy atom. The Bertz CT molecular complexity index is 366. The second-order valence-electron chi connectivity index (χ2n) is 3.88. The van der Waals surface area contributed by atoms with Crippen molar-refractivity contribution in [3.05, 3.63) is 24.0 Å². The zero-order valence-electron chi connectivity index (χ0n) is 9.34. The van der Waals surface area contributed by atoms with E-state index in [1.807, 2.05) is 13.8 Å². The molecule has 5 nitrogen and oxygen atoms in total. The van der Waals surface area contributed by atoms with Gasteiger partial charge < -0.3 is 15.5 Å². The molecule has 1 aromatic heterocycles. The zero-order chi connectivity index (χ0) is 12.1. The minimum Gasteiger partial charge on any atom is -0.476 e. The lowest BCUT2D eigenvalue weighted by Crippen LogP contribution is -2.30. The zero-order valence-corrected chi connectivity index (χ0v) is 9.34. The number of carboxylic acids is 1. The van der Waals surface area contributed by atoms with Crippen LogP contribution in [0.15, 0.2) is 18.3 Å². The number of nitrogens with zero attached hydrogens (tertiary/aromatic N) is 1. The van der Waals surface area contributed by atoms with Gasteiger partial charge in [-0.1, -0.05) is 13.8 Å². The van der Waals surface area contributed by atoms with E-state index >= 15 is 0 Å². The van der Waals surface area contributed by atoms with Gasteiger partial charge in [0.25, 0.3) is 0 Å². The summed E-state index contributed by atoms with van der Waals surface area (Å²) in [5, 5.41) is 21.1. The summed E-state index contributed by atoms with van der Waals surface area (Å²) in [5.41, 5.74) is 0.407. The summed E-state index contributed by atoms with van der Waals surface area (Å²) >= 11 is 0. The van der Waals surface area contributed by atoms with Gasteiger partial charge in [-0.3, -0.25) is 0 Å². The van der Waals surface area contributed by atoms with Crippen LogP contribution >= 0.6 is 0 Å². The van der Waals surface area contributed by atoms with E-state index in [0.717, 1.165) is 0 Å². The number of aromatic carboxylic acids is 1. The molecule has 1 aromatic rings. The SMILES string of the molecule is CC(C)[C@@H](CO)Nc1cccnc1C(=O)O. The number of carbonyl (C=O) groups is 1. The second-order valence-corrected chi connectivity index (χ2v) is 3.88. The number of aliphatic hydroxyl groups is 1. The molecule has 0 aromatic carbocycles. The van der Waals surface area contributed by atoms with Crippen LogP contribution in [0, 0.1) is 5.92 Å². The molecule has 0 unspecified atom stereocenters. The highest BCUT2D eigenvalue weighted by atomic mass is 16.4. The van der Waals surface area contributed by atoms with Gasteiger partial charge in [-0.25, -0.2) is 9.78 Å². The topological polar surface area (TPSA) is 82.5 Å². The van der Waals surface area contributed by atoms with E-state index in [9.17, 15) is 4.79 Å². The standard InChI is InChI=1S/C11H16N2O3/c1-7(2)9(6-14)13-8-4-3-5-12-10(8)11(15)16/h3-5,7,9,13-14H,6H2,1-2H3,(H,15,16)/t9-/m1/s1. The first kappa shape index (κ1) is 12.4. The number of pyridine rings is 1.